The fraction of sp³-hybridized carbons (Fsp3) is 0.208. The minimum Gasteiger partial charge on any atom is -0.491 e. The maximum atomic E-state index is 9.59. The van der Waals surface area contributed by atoms with Crippen LogP contribution in [0.5, 0.6) is 11.5 Å². The highest BCUT2D eigenvalue weighted by atomic mass is 16.5. The van der Waals surface area contributed by atoms with Crippen LogP contribution in [0.2, 0.25) is 0 Å². The van der Waals surface area contributed by atoms with E-state index in [-0.39, 0.29) is 37.3 Å². The fourth-order valence-electron chi connectivity index (χ4n) is 7.37. The van der Waals surface area contributed by atoms with Crippen molar-refractivity contribution in [3.8, 4) is 33.8 Å². The van der Waals surface area contributed by atoms with Gasteiger partial charge in [0.25, 0.3) is 0 Å². The molecule has 0 amide bonds. The largest absolute Gasteiger partial charge is 0.491 e. The highest BCUT2D eigenvalue weighted by molar-refractivity contribution is 5.99. The predicted octanol–water partition coefficient (Wildman–Crippen LogP) is 10.7. The predicted molar refractivity (Wildman–Crippen MR) is 215 cm³/mol. The zero-order valence-corrected chi connectivity index (χ0v) is 30.4. The van der Waals surface area contributed by atoms with Gasteiger partial charge in [-0.15, -0.1) is 0 Å². The van der Waals surface area contributed by atoms with Gasteiger partial charge in [-0.3, -0.25) is 0 Å². The second kappa shape index (κ2) is 14.7. The molecule has 2 N–H and O–H groups in total. The highest BCUT2D eigenvalue weighted by Crippen LogP contribution is 2.43. The summed E-state index contributed by atoms with van der Waals surface area (Å²) in [5.74, 6) is 1.52. The van der Waals surface area contributed by atoms with Gasteiger partial charge in [0.15, 0.2) is 0 Å². The summed E-state index contributed by atoms with van der Waals surface area (Å²) in [7, 11) is 0. The third-order valence-corrected chi connectivity index (χ3v) is 10.6. The first-order valence-corrected chi connectivity index (χ1v) is 18.1. The molecule has 0 saturated carbocycles. The molecule has 7 aromatic carbocycles. The van der Waals surface area contributed by atoms with Crippen molar-refractivity contribution in [1.82, 2.24) is 0 Å². The number of hydrogen-bond donors (Lipinski definition) is 2. The molecule has 7 aromatic rings. The summed E-state index contributed by atoms with van der Waals surface area (Å²) in [5, 5.41) is 23.8. The van der Waals surface area contributed by atoms with Gasteiger partial charge >= 0.3 is 0 Å². The summed E-state index contributed by atoms with van der Waals surface area (Å²) >= 11 is 0. The molecule has 0 radical (unpaired) electrons. The molecule has 0 bridgehead atoms. The van der Waals surface area contributed by atoms with E-state index in [1.807, 2.05) is 12.1 Å². The van der Waals surface area contributed by atoms with Crippen LogP contribution < -0.4 is 9.47 Å². The van der Waals surface area contributed by atoms with Gasteiger partial charge in [0, 0.05) is 22.0 Å². The zero-order chi connectivity index (χ0) is 36.3. The standard InChI is InChI=1S/C48H46O4/c1-47(2,37-22-24-45(51-28-26-49)43(31-37)41-20-9-14-33-12-5-7-18-39(33)41)35-16-11-17-36(30-35)48(3,4)38-23-25-46(52-29-27-50)44(32-38)42-21-10-15-34-13-6-8-19-40(34)42/h5-25,30-32,49-50H,26-29H2,1-4H3. The van der Waals surface area contributed by atoms with E-state index in [1.54, 1.807) is 0 Å². The molecule has 0 fully saturated rings. The van der Waals surface area contributed by atoms with Crippen LogP contribution in [0, 0.1) is 0 Å². The van der Waals surface area contributed by atoms with Crippen LogP contribution in [-0.2, 0) is 10.8 Å². The number of rotatable bonds is 12. The number of ether oxygens (including phenoxy) is 2. The Morgan fingerprint density at radius 3 is 1.23 bits per heavy atom. The van der Waals surface area contributed by atoms with Gasteiger partial charge in [0.05, 0.1) is 13.2 Å². The van der Waals surface area contributed by atoms with Crippen molar-refractivity contribution in [2.75, 3.05) is 26.4 Å². The number of benzene rings is 7. The van der Waals surface area contributed by atoms with E-state index in [1.165, 1.54) is 33.0 Å². The monoisotopic (exact) mass is 686 g/mol. The average Bonchev–Trinajstić information content (AvgIpc) is 3.18. The molecule has 0 aliphatic rings. The van der Waals surface area contributed by atoms with Gasteiger partial charge in [0.2, 0.25) is 0 Å². The number of hydrogen-bond acceptors (Lipinski definition) is 4. The zero-order valence-electron chi connectivity index (χ0n) is 30.4. The van der Waals surface area contributed by atoms with Crippen LogP contribution in [-0.4, -0.2) is 36.6 Å². The lowest BCUT2D eigenvalue weighted by Crippen LogP contribution is -2.23. The first-order chi connectivity index (χ1) is 25.2. The van der Waals surface area contributed by atoms with E-state index >= 15 is 0 Å². The molecule has 4 heteroatoms. The van der Waals surface area contributed by atoms with Crippen molar-refractivity contribution in [2.24, 2.45) is 0 Å². The Kier molecular flexibility index (Phi) is 9.87. The summed E-state index contributed by atoms with van der Waals surface area (Å²) in [6.07, 6.45) is 0. The molecule has 0 aliphatic carbocycles. The lowest BCUT2D eigenvalue weighted by atomic mass is 9.72. The quantitative estimate of drug-likeness (QED) is 0.134. The van der Waals surface area contributed by atoms with Crippen LogP contribution in [0.4, 0.5) is 0 Å². The maximum absolute atomic E-state index is 9.59. The molecular formula is C48H46O4. The Hall–Kier alpha value is -5.42. The summed E-state index contributed by atoms with van der Waals surface area (Å²) in [6, 6.07) is 51.5. The number of aliphatic hydroxyl groups is 2. The van der Waals surface area contributed by atoms with E-state index in [9.17, 15) is 10.2 Å². The third kappa shape index (κ3) is 6.68. The van der Waals surface area contributed by atoms with Gasteiger partial charge in [0.1, 0.15) is 24.7 Å². The SMILES string of the molecule is CC(C)(c1cccc(C(C)(C)c2ccc(OCCO)c(-c3cccc4ccccc34)c2)c1)c1ccc(OCCO)c(-c2cccc3ccccc23)c1. The molecule has 0 saturated heterocycles. The van der Waals surface area contributed by atoms with E-state index in [2.05, 4.69) is 161 Å². The number of aliphatic hydroxyl groups excluding tert-OH is 2. The number of fused-ring (bicyclic) bond motifs is 2. The second-order valence-corrected chi connectivity index (χ2v) is 14.5. The van der Waals surface area contributed by atoms with Crippen LogP contribution in [0.1, 0.15) is 49.9 Å². The van der Waals surface area contributed by atoms with Crippen molar-refractivity contribution in [3.63, 3.8) is 0 Å². The topological polar surface area (TPSA) is 58.9 Å². The Morgan fingerprint density at radius 1 is 0.404 bits per heavy atom. The summed E-state index contributed by atoms with van der Waals surface area (Å²) < 4.78 is 12.2. The molecular weight excluding hydrogens is 641 g/mol. The molecule has 0 atom stereocenters. The van der Waals surface area contributed by atoms with E-state index in [0.29, 0.717) is 0 Å². The normalized spacial score (nSPS) is 12.0. The van der Waals surface area contributed by atoms with Gasteiger partial charge in [-0.25, -0.2) is 0 Å². The van der Waals surface area contributed by atoms with Gasteiger partial charge in [-0.2, -0.15) is 0 Å². The van der Waals surface area contributed by atoms with Crippen molar-refractivity contribution in [1.29, 1.82) is 0 Å². The first kappa shape index (κ1) is 35.0. The van der Waals surface area contributed by atoms with Crippen molar-refractivity contribution in [3.05, 3.63) is 168 Å². The molecule has 0 aromatic heterocycles. The Balaban J connectivity index is 1.29. The molecule has 0 heterocycles. The first-order valence-electron chi connectivity index (χ1n) is 18.1. The molecule has 0 spiro atoms. The summed E-state index contributed by atoms with van der Waals surface area (Å²) in [4.78, 5) is 0. The van der Waals surface area contributed by atoms with Gasteiger partial charge in [-0.1, -0.05) is 149 Å². The van der Waals surface area contributed by atoms with Crippen molar-refractivity contribution < 1.29 is 19.7 Å². The lowest BCUT2D eigenvalue weighted by Gasteiger charge is -2.32. The van der Waals surface area contributed by atoms with Gasteiger partial charge < -0.3 is 19.7 Å². The van der Waals surface area contributed by atoms with E-state index in [0.717, 1.165) is 44.5 Å². The minimum absolute atomic E-state index is 0.0490. The highest BCUT2D eigenvalue weighted by Gasteiger charge is 2.29. The molecule has 7 rings (SSSR count). The molecule has 0 aliphatic heterocycles. The van der Waals surface area contributed by atoms with Crippen molar-refractivity contribution in [2.45, 2.75) is 38.5 Å². The van der Waals surface area contributed by atoms with Crippen LogP contribution in [0.3, 0.4) is 0 Å². The van der Waals surface area contributed by atoms with E-state index < -0.39 is 0 Å². The Labute approximate surface area is 306 Å². The Bertz CT molecular complexity index is 2180. The van der Waals surface area contributed by atoms with Crippen LogP contribution in [0.25, 0.3) is 43.8 Å². The third-order valence-electron chi connectivity index (χ3n) is 10.6. The second-order valence-electron chi connectivity index (χ2n) is 14.5. The average molecular weight is 687 g/mol. The van der Waals surface area contributed by atoms with Crippen LogP contribution in [0.15, 0.2) is 146 Å². The minimum atomic E-state index is -0.336. The molecule has 262 valence electrons. The molecule has 4 nitrogen and oxygen atoms in total. The van der Waals surface area contributed by atoms with Gasteiger partial charge in [-0.05, 0) is 79.2 Å². The summed E-state index contributed by atoms with van der Waals surface area (Å²) in [5.41, 5.74) is 8.32. The Morgan fingerprint density at radius 2 is 0.788 bits per heavy atom. The lowest BCUT2D eigenvalue weighted by molar-refractivity contribution is 0.202. The maximum Gasteiger partial charge on any atom is 0.127 e. The van der Waals surface area contributed by atoms with Crippen molar-refractivity contribution >= 4 is 21.5 Å². The molecule has 52 heavy (non-hydrogen) atoms. The summed E-state index contributed by atoms with van der Waals surface area (Å²) in [6.45, 7) is 9.48. The smallest absolute Gasteiger partial charge is 0.127 e. The molecule has 0 unspecified atom stereocenters. The van der Waals surface area contributed by atoms with Crippen LogP contribution >= 0.6 is 0 Å². The van der Waals surface area contributed by atoms with E-state index in [4.69, 9.17) is 9.47 Å². The fourth-order valence-corrected chi connectivity index (χ4v) is 7.37.